The van der Waals surface area contributed by atoms with Gasteiger partial charge in [0.15, 0.2) is 0 Å². The van der Waals surface area contributed by atoms with Crippen LogP contribution in [-0.2, 0) is 9.53 Å². The van der Waals surface area contributed by atoms with Crippen LogP contribution in [0.1, 0.15) is 26.7 Å². The molecule has 0 saturated carbocycles. The van der Waals surface area contributed by atoms with Gasteiger partial charge in [-0.1, -0.05) is 13.5 Å². The first-order chi connectivity index (χ1) is 7.61. The predicted molar refractivity (Wildman–Crippen MR) is 64.1 cm³/mol. The van der Waals surface area contributed by atoms with Crippen molar-refractivity contribution in [2.45, 2.75) is 26.7 Å². The Morgan fingerprint density at radius 1 is 1.56 bits per heavy atom. The van der Waals surface area contributed by atoms with Gasteiger partial charge in [0.25, 0.3) is 0 Å². The Morgan fingerprint density at radius 2 is 2.25 bits per heavy atom. The zero-order valence-corrected chi connectivity index (χ0v) is 10.3. The van der Waals surface area contributed by atoms with E-state index in [0.29, 0.717) is 24.6 Å². The van der Waals surface area contributed by atoms with Gasteiger partial charge in [-0.3, -0.25) is 0 Å². The van der Waals surface area contributed by atoms with Crippen molar-refractivity contribution in [3.8, 4) is 0 Å². The summed E-state index contributed by atoms with van der Waals surface area (Å²) < 4.78 is 4.80. The minimum Gasteiger partial charge on any atom is -0.463 e. The molecule has 0 heterocycles. The first-order valence-electron chi connectivity index (χ1n) is 5.78. The zero-order valence-electron chi connectivity index (χ0n) is 10.3. The highest BCUT2D eigenvalue weighted by molar-refractivity contribution is 5.88. The second kappa shape index (κ2) is 9.36. The van der Waals surface area contributed by atoms with Gasteiger partial charge in [0.1, 0.15) is 0 Å². The van der Waals surface area contributed by atoms with Crippen molar-refractivity contribution in [1.29, 1.82) is 0 Å². The van der Waals surface area contributed by atoms with Crippen molar-refractivity contribution in [2.24, 2.45) is 5.92 Å². The van der Waals surface area contributed by atoms with Crippen molar-refractivity contribution < 1.29 is 14.6 Å². The lowest BCUT2D eigenvalue weighted by molar-refractivity contribution is -0.138. The number of ether oxygens (including phenoxy) is 1. The molecule has 0 spiro atoms. The number of rotatable bonds is 9. The zero-order chi connectivity index (χ0) is 12.4. The Morgan fingerprint density at radius 3 is 2.81 bits per heavy atom. The van der Waals surface area contributed by atoms with E-state index >= 15 is 0 Å². The number of aliphatic hydroxyl groups is 1. The van der Waals surface area contributed by atoms with Crippen LogP contribution in [0.4, 0.5) is 0 Å². The largest absolute Gasteiger partial charge is 0.463 e. The fourth-order valence-corrected chi connectivity index (χ4v) is 1.21. The van der Waals surface area contributed by atoms with E-state index in [0.717, 1.165) is 19.4 Å². The maximum atomic E-state index is 11.2. The molecule has 0 bridgehead atoms. The van der Waals surface area contributed by atoms with Crippen LogP contribution in [0, 0.1) is 5.92 Å². The van der Waals surface area contributed by atoms with Crippen LogP contribution in [0.5, 0.6) is 0 Å². The number of carbonyl (C=O) groups is 1. The molecule has 4 heteroatoms. The van der Waals surface area contributed by atoms with Gasteiger partial charge < -0.3 is 15.2 Å². The molecule has 94 valence electrons. The molecular weight excluding hydrogens is 206 g/mol. The Labute approximate surface area is 97.7 Å². The van der Waals surface area contributed by atoms with Gasteiger partial charge in [-0.25, -0.2) is 4.79 Å². The van der Waals surface area contributed by atoms with E-state index in [2.05, 4.69) is 11.9 Å². The molecule has 16 heavy (non-hydrogen) atoms. The Kier molecular flexibility index (Phi) is 8.85. The van der Waals surface area contributed by atoms with Gasteiger partial charge in [-0.15, -0.1) is 0 Å². The van der Waals surface area contributed by atoms with Crippen LogP contribution in [0.2, 0.25) is 0 Å². The standard InChI is InChI=1S/C12H23NO3/c1-4-16-12(15)11(3)8-13-7-5-6-10(2)9-14/h10,13-14H,3-9H2,1-2H3. The summed E-state index contributed by atoms with van der Waals surface area (Å²) in [4.78, 5) is 11.2. The topological polar surface area (TPSA) is 58.6 Å². The highest BCUT2D eigenvalue weighted by Crippen LogP contribution is 2.02. The van der Waals surface area contributed by atoms with Crippen LogP contribution in [-0.4, -0.2) is 37.4 Å². The van der Waals surface area contributed by atoms with Gasteiger partial charge in [0.05, 0.1) is 6.61 Å². The maximum absolute atomic E-state index is 11.2. The monoisotopic (exact) mass is 229 g/mol. The van der Waals surface area contributed by atoms with Gasteiger partial charge in [-0.2, -0.15) is 0 Å². The molecule has 0 aromatic carbocycles. The molecule has 0 aliphatic rings. The smallest absolute Gasteiger partial charge is 0.334 e. The Balaban J connectivity index is 3.44. The maximum Gasteiger partial charge on any atom is 0.334 e. The van der Waals surface area contributed by atoms with Gasteiger partial charge >= 0.3 is 5.97 Å². The lowest BCUT2D eigenvalue weighted by Crippen LogP contribution is -2.23. The summed E-state index contributed by atoms with van der Waals surface area (Å²) in [7, 11) is 0. The average molecular weight is 229 g/mol. The van der Waals surface area contributed by atoms with E-state index < -0.39 is 0 Å². The van der Waals surface area contributed by atoms with E-state index in [1.54, 1.807) is 6.92 Å². The number of hydrogen-bond donors (Lipinski definition) is 2. The number of hydrogen-bond acceptors (Lipinski definition) is 4. The minimum absolute atomic E-state index is 0.232. The number of esters is 1. The van der Waals surface area contributed by atoms with Crippen molar-refractivity contribution in [3.63, 3.8) is 0 Å². The van der Waals surface area contributed by atoms with E-state index in [4.69, 9.17) is 9.84 Å². The van der Waals surface area contributed by atoms with Crippen LogP contribution in [0.3, 0.4) is 0 Å². The van der Waals surface area contributed by atoms with E-state index in [-0.39, 0.29) is 12.6 Å². The van der Waals surface area contributed by atoms with E-state index in [9.17, 15) is 4.79 Å². The van der Waals surface area contributed by atoms with E-state index in [1.807, 2.05) is 6.92 Å². The van der Waals surface area contributed by atoms with Crippen LogP contribution in [0.25, 0.3) is 0 Å². The molecule has 0 rings (SSSR count). The highest BCUT2D eigenvalue weighted by atomic mass is 16.5. The molecule has 1 atom stereocenters. The molecule has 0 radical (unpaired) electrons. The fraction of sp³-hybridized carbons (Fsp3) is 0.750. The highest BCUT2D eigenvalue weighted by Gasteiger charge is 2.06. The number of aliphatic hydroxyl groups excluding tert-OH is 1. The molecule has 0 aliphatic heterocycles. The van der Waals surface area contributed by atoms with Gasteiger partial charge in [0.2, 0.25) is 0 Å². The first-order valence-corrected chi connectivity index (χ1v) is 5.78. The molecule has 0 aliphatic carbocycles. The summed E-state index contributed by atoms with van der Waals surface area (Å²) in [6, 6.07) is 0. The van der Waals surface area contributed by atoms with Crippen molar-refractivity contribution in [3.05, 3.63) is 12.2 Å². The molecule has 4 nitrogen and oxygen atoms in total. The molecule has 0 saturated heterocycles. The predicted octanol–water partition coefficient (Wildman–Crippen LogP) is 1.10. The minimum atomic E-state index is -0.335. The van der Waals surface area contributed by atoms with Gasteiger partial charge in [0, 0.05) is 18.7 Å². The lowest BCUT2D eigenvalue weighted by Gasteiger charge is -2.09. The molecule has 0 aromatic heterocycles. The molecule has 0 aromatic rings. The number of nitrogens with one attached hydrogen (secondary N) is 1. The second-order valence-corrected chi connectivity index (χ2v) is 3.93. The summed E-state index contributed by atoms with van der Waals surface area (Å²) in [6.07, 6.45) is 1.97. The summed E-state index contributed by atoms with van der Waals surface area (Å²) in [5, 5.41) is 11.9. The van der Waals surface area contributed by atoms with Crippen molar-refractivity contribution in [1.82, 2.24) is 5.32 Å². The normalized spacial score (nSPS) is 12.2. The average Bonchev–Trinajstić information content (AvgIpc) is 2.28. The molecule has 0 fully saturated rings. The van der Waals surface area contributed by atoms with Crippen molar-refractivity contribution >= 4 is 5.97 Å². The molecular formula is C12H23NO3. The fourth-order valence-electron chi connectivity index (χ4n) is 1.21. The summed E-state index contributed by atoms with van der Waals surface area (Å²) in [5.41, 5.74) is 0.456. The summed E-state index contributed by atoms with van der Waals surface area (Å²) in [6.45, 7) is 9.33. The summed E-state index contributed by atoms with van der Waals surface area (Å²) in [5.74, 6) is 0.00813. The van der Waals surface area contributed by atoms with Crippen LogP contribution >= 0.6 is 0 Å². The summed E-state index contributed by atoms with van der Waals surface area (Å²) >= 11 is 0. The van der Waals surface area contributed by atoms with Crippen LogP contribution < -0.4 is 5.32 Å². The van der Waals surface area contributed by atoms with E-state index in [1.165, 1.54) is 0 Å². The lowest BCUT2D eigenvalue weighted by atomic mass is 10.1. The quantitative estimate of drug-likeness (QED) is 0.353. The Bertz CT molecular complexity index is 216. The van der Waals surface area contributed by atoms with Gasteiger partial charge in [-0.05, 0) is 32.2 Å². The third kappa shape index (κ3) is 7.43. The first kappa shape index (κ1) is 15.1. The third-order valence-corrected chi connectivity index (χ3v) is 2.26. The van der Waals surface area contributed by atoms with Crippen molar-refractivity contribution in [2.75, 3.05) is 26.3 Å². The number of carbonyl (C=O) groups excluding carboxylic acids is 1. The van der Waals surface area contributed by atoms with Crippen LogP contribution in [0.15, 0.2) is 12.2 Å². The third-order valence-electron chi connectivity index (χ3n) is 2.26. The second-order valence-electron chi connectivity index (χ2n) is 3.93. The molecule has 0 amide bonds. The molecule has 1 unspecified atom stereocenters. The Hall–Kier alpha value is -0.870. The molecule has 2 N–H and O–H groups in total. The SMILES string of the molecule is C=C(CNCCCC(C)CO)C(=O)OCC.